The second-order valence-corrected chi connectivity index (χ2v) is 7.79. The van der Waals surface area contributed by atoms with Crippen LogP contribution in [0.1, 0.15) is 30.4 Å². The fourth-order valence-electron chi connectivity index (χ4n) is 2.65. The smallest absolute Gasteiger partial charge is 0.309 e. The molecule has 1 fully saturated rings. The van der Waals surface area contributed by atoms with Gasteiger partial charge in [-0.2, -0.15) is 0 Å². The average Bonchev–Trinajstić information content (AvgIpc) is 2.56. The van der Waals surface area contributed by atoms with Gasteiger partial charge in [0.25, 0.3) is 5.91 Å². The first kappa shape index (κ1) is 18.5. The fourth-order valence-corrected chi connectivity index (χ4v) is 3.65. The van der Waals surface area contributed by atoms with E-state index in [1.54, 1.807) is 11.8 Å². The maximum atomic E-state index is 11.9. The lowest BCUT2D eigenvalue weighted by molar-refractivity contribution is -0.154. The minimum atomic E-state index is -0.312. The SMILES string of the molecule is Cc1ccc(C)c(Sc2ccc(NC(=O)COC(=O)C3CCC3)cc2)c1. The van der Waals surface area contributed by atoms with Crippen molar-refractivity contribution in [2.24, 2.45) is 5.92 Å². The maximum Gasteiger partial charge on any atom is 0.309 e. The Kier molecular flexibility index (Phi) is 5.99. The van der Waals surface area contributed by atoms with Gasteiger partial charge in [-0.15, -0.1) is 0 Å². The number of esters is 1. The van der Waals surface area contributed by atoms with E-state index in [0.29, 0.717) is 5.69 Å². The van der Waals surface area contributed by atoms with Gasteiger partial charge in [-0.05, 0) is 68.1 Å². The average molecular weight is 369 g/mol. The van der Waals surface area contributed by atoms with Crippen LogP contribution in [0.4, 0.5) is 5.69 Å². The largest absolute Gasteiger partial charge is 0.455 e. The number of nitrogens with one attached hydrogen (secondary N) is 1. The summed E-state index contributed by atoms with van der Waals surface area (Å²) < 4.78 is 5.05. The molecule has 0 atom stereocenters. The van der Waals surface area contributed by atoms with Crippen LogP contribution in [-0.4, -0.2) is 18.5 Å². The van der Waals surface area contributed by atoms with Crippen LogP contribution in [0.3, 0.4) is 0 Å². The summed E-state index contributed by atoms with van der Waals surface area (Å²) in [6, 6.07) is 14.1. The van der Waals surface area contributed by atoms with E-state index in [2.05, 4.69) is 37.4 Å². The summed E-state index contributed by atoms with van der Waals surface area (Å²) in [5, 5.41) is 2.76. The third-order valence-electron chi connectivity index (χ3n) is 4.49. The molecule has 2 aromatic carbocycles. The summed E-state index contributed by atoms with van der Waals surface area (Å²) in [5.74, 6) is -0.580. The Bertz CT molecular complexity index is 797. The summed E-state index contributed by atoms with van der Waals surface area (Å²) in [5.41, 5.74) is 3.17. The van der Waals surface area contributed by atoms with Gasteiger partial charge in [0.2, 0.25) is 0 Å². The molecule has 2 aromatic rings. The number of rotatable bonds is 6. The molecule has 0 radical (unpaired) electrons. The van der Waals surface area contributed by atoms with Crippen LogP contribution in [0, 0.1) is 19.8 Å². The van der Waals surface area contributed by atoms with Crippen molar-refractivity contribution < 1.29 is 14.3 Å². The monoisotopic (exact) mass is 369 g/mol. The van der Waals surface area contributed by atoms with Crippen LogP contribution in [0.5, 0.6) is 0 Å². The van der Waals surface area contributed by atoms with Crippen LogP contribution in [-0.2, 0) is 14.3 Å². The normalized spacial score (nSPS) is 13.8. The molecule has 0 aliphatic heterocycles. The molecule has 1 amide bonds. The standard InChI is InChI=1S/C21H23NO3S/c1-14-6-7-15(2)19(12-14)26-18-10-8-17(9-11-18)22-20(23)13-25-21(24)16-4-3-5-16/h6-12,16H,3-5,13H2,1-2H3,(H,22,23). The van der Waals surface area contributed by atoms with Crippen LogP contribution < -0.4 is 5.32 Å². The van der Waals surface area contributed by atoms with Crippen LogP contribution in [0.2, 0.25) is 0 Å². The Morgan fingerprint density at radius 1 is 1.12 bits per heavy atom. The number of anilines is 1. The zero-order valence-electron chi connectivity index (χ0n) is 15.1. The molecule has 136 valence electrons. The molecule has 0 aromatic heterocycles. The predicted octanol–water partition coefficient (Wildman–Crippen LogP) is 4.74. The van der Waals surface area contributed by atoms with E-state index in [9.17, 15) is 9.59 Å². The topological polar surface area (TPSA) is 55.4 Å². The van der Waals surface area contributed by atoms with Crippen molar-refractivity contribution in [3.8, 4) is 0 Å². The van der Waals surface area contributed by atoms with E-state index in [1.165, 1.54) is 16.0 Å². The lowest BCUT2D eigenvalue weighted by Crippen LogP contribution is -2.28. The molecule has 4 nitrogen and oxygen atoms in total. The van der Waals surface area contributed by atoms with Crippen LogP contribution >= 0.6 is 11.8 Å². The first-order valence-corrected chi connectivity index (χ1v) is 9.64. The van der Waals surface area contributed by atoms with Gasteiger partial charge in [-0.1, -0.05) is 30.3 Å². The fraction of sp³-hybridized carbons (Fsp3) is 0.333. The molecule has 26 heavy (non-hydrogen) atoms. The first-order chi connectivity index (χ1) is 12.5. The van der Waals surface area contributed by atoms with Gasteiger partial charge >= 0.3 is 5.97 Å². The zero-order chi connectivity index (χ0) is 18.5. The van der Waals surface area contributed by atoms with Crippen molar-refractivity contribution in [2.75, 3.05) is 11.9 Å². The lowest BCUT2D eigenvalue weighted by Gasteiger charge is -2.22. The zero-order valence-corrected chi connectivity index (χ0v) is 15.9. The van der Waals surface area contributed by atoms with Gasteiger partial charge in [0.15, 0.2) is 6.61 Å². The molecule has 0 heterocycles. The Labute approximate surface area is 158 Å². The second kappa shape index (κ2) is 8.41. The van der Waals surface area contributed by atoms with Crippen molar-refractivity contribution in [1.29, 1.82) is 0 Å². The number of hydrogen-bond donors (Lipinski definition) is 1. The van der Waals surface area contributed by atoms with Crippen LogP contribution in [0.15, 0.2) is 52.3 Å². The summed E-state index contributed by atoms with van der Waals surface area (Å²) in [4.78, 5) is 25.9. The molecule has 0 spiro atoms. The van der Waals surface area contributed by atoms with Crippen molar-refractivity contribution in [1.82, 2.24) is 0 Å². The summed E-state index contributed by atoms with van der Waals surface area (Å²) in [7, 11) is 0. The quantitative estimate of drug-likeness (QED) is 0.748. The molecule has 5 heteroatoms. The van der Waals surface area contributed by atoms with E-state index in [4.69, 9.17) is 4.74 Å². The summed E-state index contributed by atoms with van der Waals surface area (Å²) in [6.07, 6.45) is 2.82. The Morgan fingerprint density at radius 3 is 2.50 bits per heavy atom. The van der Waals surface area contributed by atoms with Crippen molar-refractivity contribution in [3.63, 3.8) is 0 Å². The van der Waals surface area contributed by atoms with E-state index in [0.717, 1.165) is 24.2 Å². The number of aryl methyl sites for hydroxylation is 2. The highest BCUT2D eigenvalue weighted by molar-refractivity contribution is 7.99. The molecule has 3 rings (SSSR count). The highest BCUT2D eigenvalue weighted by Crippen LogP contribution is 2.31. The Balaban J connectivity index is 1.51. The van der Waals surface area contributed by atoms with Crippen molar-refractivity contribution in [3.05, 3.63) is 53.6 Å². The highest BCUT2D eigenvalue weighted by Gasteiger charge is 2.27. The number of benzene rings is 2. The number of ether oxygens (including phenoxy) is 1. The van der Waals surface area contributed by atoms with E-state index >= 15 is 0 Å². The minimum Gasteiger partial charge on any atom is -0.455 e. The van der Waals surface area contributed by atoms with Crippen molar-refractivity contribution >= 4 is 29.3 Å². The highest BCUT2D eigenvalue weighted by atomic mass is 32.2. The summed E-state index contributed by atoms with van der Waals surface area (Å²) >= 11 is 1.70. The number of carbonyl (C=O) groups excluding carboxylic acids is 2. The summed E-state index contributed by atoms with van der Waals surface area (Å²) in [6.45, 7) is 3.95. The predicted molar refractivity (Wildman–Crippen MR) is 103 cm³/mol. The third-order valence-corrected chi connectivity index (χ3v) is 5.66. The molecule has 1 saturated carbocycles. The van der Waals surface area contributed by atoms with Gasteiger partial charge in [-0.3, -0.25) is 9.59 Å². The molecule has 0 saturated heterocycles. The molecule has 0 bridgehead atoms. The first-order valence-electron chi connectivity index (χ1n) is 8.83. The van der Waals surface area contributed by atoms with Gasteiger partial charge in [-0.25, -0.2) is 0 Å². The van der Waals surface area contributed by atoms with Crippen molar-refractivity contribution in [2.45, 2.75) is 42.9 Å². The molecular weight excluding hydrogens is 346 g/mol. The number of amides is 1. The Hall–Kier alpha value is -2.27. The molecule has 0 unspecified atom stereocenters. The van der Waals surface area contributed by atoms with Gasteiger partial charge in [0.1, 0.15) is 0 Å². The van der Waals surface area contributed by atoms with Crippen LogP contribution in [0.25, 0.3) is 0 Å². The molecule has 1 aliphatic carbocycles. The van der Waals surface area contributed by atoms with Gasteiger partial charge in [0, 0.05) is 15.5 Å². The second-order valence-electron chi connectivity index (χ2n) is 6.68. The van der Waals surface area contributed by atoms with E-state index in [1.807, 2.05) is 24.3 Å². The Morgan fingerprint density at radius 2 is 1.85 bits per heavy atom. The lowest BCUT2D eigenvalue weighted by atomic mass is 9.86. The number of carbonyl (C=O) groups is 2. The van der Waals surface area contributed by atoms with Gasteiger partial charge < -0.3 is 10.1 Å². The molecule has 1 N–H and O–H groups in total. The van der Waals surface area contributed by atoms with Gasteiger partial charge in [0.05, 0.1) is 5.92 Å². The minimum absolute atomic E-state index is 0.0100. The van der Waals surface area contributed by atoms with E-state index in [-0.39, 0.29) is 24.4 Å². The molecular formula is C21H23NO3S. The maximum absolute atomic E-state index is 11.9. The number of hydrogen-bond acceptors (Lipinski definition) is 4. The molecule has 1 aliphatic rings. The third kappa shape index (κ3) is 4.88. The van der Waals surface area contributed by atoms with E-state index < -0.39 is 0 Å².